The maximum Gasteiger partial charge on any atom is 0.298 e. The van der Waals surface area contributed by atoms with Gasteiger partial charge in [0.1, 0.15) is 6.61 Å². The lowest BCUT2D eigenvalue weighted by Crippen LogP contribution is -2.27. The molecule has 0 bridgehead atoms. The van der Waals surface area contributed by atoms with E-state index < -0.39 is 5.91 Å². The van der Waals surface area contributed by atoms with E-state index in [4.69, 9.17) is 27.5 Å². The Morgan fingerprint density at radius 1 is 1.25 bits per heavy atom. The second kappa shape index (κ2) is 8.74. The van der Waals surface area contributed by atoms with Crippen molar-refractivity contribution in [3.8, 4) is 23.8 Å². The van der Waals surface area contributed by atoms with Gasteiger partial charge in [0, 0.05) is 9.50 Å². The van der Waals surface area contributed by atoms with E-state index in [2.05, 4.69) is 21.9 Å². The first-order valence-electron chi connectivity index (χ1n) is 7.92. The van der Waals surface area contributed by atoms with Crippen LogP contribution in [0, 0.1) is 12.3 Å². The number of terminal acetylenes is 1. The topological polar surface area (TPSA) is 55.8 Å². The van der Waals surface area contributed by atoms with E-state index >= 15 is 0 Å². The van der Waals surface area contributed by atoms with Crippen LogP contribution in [0.2, 0.25) is 5.02 Å². The number of halogens is 2. The van der Waals surface area contributed by atoms with Crippen molar-refractivity contribution in [3.63, 3.8) is 0 Å². The lowest BCUT2D eigenvalue weighted by Gasteiger charge is -2.12. The molecule has 0 spiro atoms. The van der Waals surface area contributed by atoms with Crippen LogP contribution in [0.4, 0.5) is 10.5 Å². The number of carbonyl (C=O) groups is 2. The third-order valence-corrected chi connectivity index (χ3v) is 5.57. The molecule has 5 nitrogen and oxygen atoms in total. The van der Waals surface area contributed by atoms with Crippen molar-refractivity contribution in [3.05, 3.63) is 56.4 Å². The second-order valence-electron chi connectivity index (χ2n) is 5.51. The summed E-state index contributed by atoms with van der Waals surface area (Å²) in [6.07, 6.45) is 6.84. The lowest BCUT2D eigenvalue weighted by atomic mass is 10.1. The molecule has 2 aromatic carbocycles. The minimum Gasteiger partial charge on any atom is -0.493 e. The van der Waals surface area contributed by atoms with Crippen LogP contribution in [0.1, 0.15) is 5.56 Å². The number of ether oxygens (including phenoxy) is 2. The van der Waals surface area contributed by atoms with Crippen LogP contribution in [-0.2, 0) is 4.79 Å². The Morgan fingerprint density at radius 2 is 1.96 bits per heavy atom. The first-order chi connectivity index (χ1) is 13.4. The highest BCUT2D eigenvalue weighted by molar-refractivity contribution is 9.10. The highest BCUT2D eigenvalue weighted by Crippen LogP contribution is 2.39. The van der Waals surface area contributed by atoms with Crippen LogP contribution in [0.5, 0.6) is 11.5 Å². The summed E-state index contributed by atoms with van der Waals surface area (Å²) in [6, 6.07) is 9.90. The smallest absolute Gasteiger partial charge is 0.298 e. The maximum absolute atomic E-state index is 12.8. The van der Waals surface area contributed by atoms with Gasteiger partial charge in [-0.25, -0.2) is 4.90 Å². The van der Waals surface area contributed by atoms with E-state index in [1.165, 1.54) is 7.11 Å². The lowest BCUT2D eigenvalue weighted by molar-refractivity contribution is -0.113. The zero-order chi connectivity index (χ0) is 20.3. The molecule has 1 aliphatic heterocycles. The number of thioether (sulfide) groups is 1. The fraction of sp³-hybridized carbons (Fsp3) is 0.100. The maximum atomic E-state index is 12.8. The number of imide groups is 1. The van der Waals surface area contributed by atoms with Crippen LogP contribution in [0.15, 0.2) is 45.8 Å². The van der Waals surface area contributed by atoms with Crippen LogP contribution in [0.3, 0.4) is 0 Å². The number of benzene rings is 2. The molecular weight excluding hydrogens is 466 g/mol. The highest BCUT2D eigenvalue weighted by atomic mass is 79.9. The Balaban J connectivity index is 1.93. The minimum atomic E-state index is -0.407. The molecule has 1 saturated heterocycles. The quantitative estimate of drug-likeness (QED) is 0.427. The van der Waals surface area contributed by atoms with Crippen molar-refractivity contribution in [2.45, 2.75) is 0 Å². The van der Waals surface area contributed by atoms with E-state index in [1.54, 1.807) is 42.5 Å². The van der Waals surface area contributed by atoms with Gasteiger partial charge in [-0.2, -0.15) is 0 Å². The summed E-state index contributed by atoms with van der Waals surface area (Å²) in [4.78, 5) is 26.5. The second-order valence-corrected chi connectivity index (χ2v) is 7.79. The summed E-state index contributed by atoms with van der Waals surface area (Å²) in [5.74, 6) is 2.91. The fourth-order valence-corrected chi connectivity index (χ4v) is 3.87. The van der Waals surface area contributed by atoms with Gasteiger partial charge in [0.2, 0.25) is 0 Å². The molecule has 28 heavy (non-hydrogen) atoms. The summed E-state index contributed by atoms with van der Waals surface area (Å²) in [6.45, 7) is 0.0993. The SMILES string of the molecule is C#CCOc1cc(Br)c(/C=C2/SC(=O)N(c3ccc(Cl)cc3)C2=O)cc1OC. The number of methoxy groups -OCH3 is 1. The number of amides is 2. The van der Waals surface area contributed by atoms with Gasteiger partial charge in [-0.3, -0.25) is 9.59 Å². The van der Waals surface area contributed by atoms with Gasteiger partial charge >= 0.3 is 0 Å². The number of rotatable bonds is 5. The van der Waals surface area contributed by atoms with E-state index in [0.29, 0.717) is 37.2 Å². The molecule has 0 aromatic heterocycles. The van der Waals surface area contributed by atoms with Gasteiger partial charge in [0.05, 0.1) is 17.7 Å². The molecule has 0 aliphatic carbocycles. The number of hydrogen-bond acceptors (Lipinski definition) is 5. The Kier molecular flexibility index (Phi) is 6.35. The number of anilines is 1. The van der Waals surface area contributed by atoms with E-state index in [-0.39, 0.29) is 11.8 Å². The molecule has 142 valence electrons. The summed E-state index contributed by atoms with van der Waals surface area (Å²) in [5.41, 5.74) is 1.12. The average Bonchev–Trinajstić information content (AvgIpc) is 2.96. The molecule has 1 aliphatic rings. The van der Waals surface area contributed by atoms with Gasteiger partial charge < -0.3 is 9.47 Å². The zero-order valence-corrected chi connectivity index (χ0v) is 17.7. The summed E-state index contributed by atoms with van der Waals surface area (Å²) in [7, 11) is 1.50. The third kappa shape index (κ3) is 4.20. The van der Waals surface area contributed by atoms with Gasteiger partial charge in [-0.1, -0.05) is 33.5 Å². The summed E-state index contributed by atoms with van der Waals surface area (Å²) < 4.78 is 11.4. The molecule has 0 unspecified atom stereocenters. The molecule has 2 amide bonds. The fourth-order valence-electron chi connectivity index (χ4n) is 2.47. The molecule has 0 radical (unpaired) electrons. The minimum absolute atomic E-state index is 0.0993. The Bertz CT molecular complexity index is 1010. The van der Waals surface area contributed by atoms with Gasteiger partial charge in [0.25, 0.3) is 11.1 Å². The molecule has 1 fully saturated rings. The first kappa shape index (κ1) is 20.3. The summed E-state index contributed by atoms with van der Waals surface area (Å²) in [5, 5.41) is 0.144. The van der Waals surface area contributed by atoms with E-state index in [0.717, 1.165) is 16.7 Å². The largest absolute Gasteiger partial charge is 0.493 e. The monoisotopic (exact) mass is 477 g/mol. The predicted octanol–water partition coefficient (Wildman–Crippen LogP) is 5.36. The van der Waals surface area contributed by atoms with E-state index in [9.17, 15) is 9.59 Å². The Labute approximate surface area is 179 Å². The standard InChI is InChI=1S/C20H13BrClNO4S/c1-3-8-27-17-11-15(21)12(9-16(17)26-2)10-18-19(24)23(20(25)28-18)14-6-4-13(22)5-7-14/h1,4-7,9-11H,8H2,2H3/b18-10+. The Hall–Kier alpha value is -2.40. The highest BCUT2D eigenvalue weighted by Gasteiger charge is 2.36. The number of nitrogens with zero attached hydrogens (tertiary/aromatic N) is 1. The normalized spacial score (nSPS) is 15.1. The van der Waals surface area contributed by atoms with Gasteiger partial charge in [-0.15, -0.1) is 6.42 Å². The van der Waals surface area contributed by atoms with Crippen LogP contribution in [0.25, 0.3) is 6.08 Å². The van der Waals surface area contributed by atoms with E-state index in [1.807, 2.05) is 0 Å². The predicted molar refractivity (Wildman–Crippen MR) is 115 cm³/mol. The molecule has 8 heteroatoms. The van der Waals surface area contributed by atoms with Crippen molar-refractivity contribution < 1.29 is 19.1 Å². The average molecular weight is 479 g/mol. The molecule has 0 N–H and O–H groups in total. The van der Waals surface area contributed by atoms with Crippen molar-refractivity contribution in [2.24, 2.45) is 0 Å². The van der Waals surface area contributed by atoms with Crippen molar-refractivity contribution >= 4 is 62.2 Å². The van der Waals surface area contributed by atoms with Crippen LogP contribution in [-0.4, -0.2) is 24.9 Å². The molecular formula is C20H13BrClNO4S. The van der Waals surface area contributed by atoms with Crippen LogP contribution < -0.4 is 14.4 Å². The van der Waals surface area contributed by atoms with Crippen LogP contribution >= 0.6 is 39.3 Å². The molecule has 0 saturated carbocycles. The van der Waals surface area contributed by atoms with Gasteiger partial charge in [0.15, 0.2) is 11.5 Å². The molecule has 3 rings (SSSR count). The molecule has 2 aromatic rings. The first-order valence-corrected chi connectivity index (χ1v) is 9.90. The number of hydrogen-bond donors (Lipinski definition) is 0. The molecule has 1 heterocycles. The van der Waals surface area contributed by atoms with Crippen molar-refractivity contribution in [2.75, 3.05) is 18.6 Å². The van der Waals surface area contributed by atoms with Crippen molar-refractivity contribution in [1.82, 2.24) is 0 Å². The van der Waals surface area contributed by atoms with Gasteiger partial charge in [-0.05, 0) is 59.8 Å². The summed E-state index contributed by atoms with van der Waals surface area (Å²) >= 11 is 10.2. The Morgan fingerprint density at radius 3 is 2.61 bits per heavy atom. The zero-order valence-electron chi connectivity index (χ0n) is 14.6. The molecule has 0 atom stereocenters. The van der Waals surface area contributed by atoms with Crippen molar-refractivity contribution in [1.29, 1.82) is 0 Å². The third-order valence-electron chi connectivity index (χ3n) is 3.76. The number of carbonyl (C=O) groups excluding carboxylic acids is 2.